The van der Waals surface area contributed by atoms with Crippen molar-refractivity contribution in [2.75, 3.05) is 7.05 Å². The first-order valence-corrected chi connectivity index (χ1v) is 2.54. The van der Waals surface area contributed by atoms with Crippen LogP contribution in [0.3, 0.4) is 0 Å². The van der Waals surface area contributed by atoms with Gasteiger partial charge in [-0.05, 0) is 6.92 Å². The van der Waals surface area contributed by atoms with Crippen molar-refractivity contribution in [2.24, 2.45) is 0 Å². The van der Waals surface area contributed by atoms with Gasteiger partial charge in [-0.2, -0.15) is 0 Å². The van der Waals surface area contributed by atoms with Crippen LogP contribution in [0.4, 0.5) is 0 Å². The van der Waals surface area contributed by atoms with E-state index in [-0.39, 0.29) is 5.91 Å². The van der Waals surface area contributed by atoms with Crippen molar-refractivity contribution in [3.05, 3.63) is 12.3 Å². The minimum atomic E-state index is 0.0584. The molecule has 0 aromatic heterocycles. The Morgan fingerprint density at radius 1 is 1.62 bits per heavy atom. The molecule has 0 bridgehead atoms. The third kappa shape index (κ3) is 2.39. The van der Waals surface area contributed by atoms with E-state index in [1.807, 2.05) is 13.0 Å². The highest BCUT2D eigenvalue weighted by Gasteiger charge is 1.92. The summed E-state index contributed by atoms with van der Waals surface area (Å²) in [6.45, 7) is 3.40. The normalized spacial score (nSPS) is 9.88. The van der Waals surface area contributed by atoms with Crippen LogP contribution in [0.5, 0.6) is 0 Å². The summed E-state index contributed by atoms with van der Waals surface area (Å²) < 4.78 is 0. The van der Waals surface area contributed by atoms with Crippen LogP contribution in [0.15, 0.2) is 12.3 Å². The summed E-state index contributed by atoms with van der Waals surface area (Å²) in [5.41, 5.74) is 0. The Morgan fingerprint density at radius 2 is 2.12 bits per heavy atom. The molecule has 0 radical (unpaired) electrons. The van der Waals surface area contributed by atoms with Gasteiger partial charge in [0.05, 0.1) is 0 Å². The van der Waals surface area contributed by atoms with Gasteiger partial charge < -0.3 is 4.90 Å². The Kier molecular flexibility index (Phi) is 2.92. The molecule has 0 aliphatic heterocycles. The number of carbonyl (C=O) groups excluding carboxylic acids is 1. The molecule has 8 heavy (non-hydrogen) atoms. The molecule has 0 fully saturated rings. The van der Waals surface area contributed by atoms with E-state index in [1.165, 1.54) is 11.8 Å². The molecular formula is C6H11NO. The number of rotatable bonds is 1. The number of amides is 1. The van der Waals surface area contributed by atoms with Crippen LogP contribution in [-0.4, -0.2) is 17.9 Å². The summed E-state index contributed by atoms with van der Waals surface area (Å²) in [5, 5.41) is 0. The zero-order valence-electron chi connectivity index (χ0n) is 5.51. The monoisotopic (exact) mass is 113 g/mol. The second-order valence-corrected chi connectivity index (χ2v) is 1.61. The molecule has 2 nitrogen and oxygen atoms in total. The molecule has 0 rings (SSSR count). The smallest absolute Gasteiger partial charge is 0.223 e. The van der Waals surface area contributed by atoms with E-state index in [0.29, 0.717) is 0 Å². The van der Waals surface area contributed by atoms with Crippen LogP contribution < -0.4 is 0 Å². The number of carbonyl (C=O) groups is 1. The lowest BCUT2D eigenvalue weighted by Gasteiger charge is -2.05. The van der Waals surface area contributed by atoms with E-state index in [4.69, 9.17) is 0 Å². The van der Waals surface area contributed by atoms with Crippen LogP contribution in [0.2, 0.25) is 0 Å². The van der Waals surface area contributed by atoms with Crippen LogP contribution in [-0.2, 0) is 4.79 Å². The first-order chi connectivity index (χ1) is 3.68. The van der Waals surface area contributed by atoms with Crippen molar-refractivity contribution in [3.8, 4) is 0 Å². The Morgan fingerprint density at radius 3 is 2.25 bits per heavy atom. The van der Waals surface area contributed by atoms with Crippen molar-refractivity contribution in [1.82, 2.24) is 4.90 Å². The van der Waals surface area contributed by atoms with Gasteiger partial charge in [-0.15, -0.1) is 0 Å². The van der Waals surface area contributed by atoms with Crippen LogP contribution >= 0.6 is 0 Å². The van der Waals surface area contributed by atoms with Crippen molar-refractivity contribution in [3.63, 3.8) is 0 Å². The largest absolute Gasteiger partial charge is 0.323 e. The van der Waals surface area contributed by atoms with E-state index in [1.54, 1.807) is 13.2 Å². The standard InChI is InChI=1S/C6H11NO/c1-4-5-7(3)6(2)8/h4-5H,1-3H3/b5-4-. The molecule has 2 heteroatoms. The van der Waals surface area contributed by atoms with Gasteiger partial charge in [0.2, 0.25) is 5.91 Å². The third-order valence-electron chi connectivity index (χ3n) is 0.869. The van der Waals surface area contributed by atoms with Gasteiger partial charge in [0.25, 0.3) is 0 Å². The molecule has 0 spiro atoms. The van der Waals surface area contributed by atoms with E-state index in [2.05, 4.69) is 0 Å². The van der Waals surface area contributed by atoms with E-state index < -0.39 is 0 Å². The number of hydrogen-bond donors (Lipinski definition) is 0. The van der Waals surface area contributed by atoms with Crippen molar-refractivity contribution in [2.45, 2.75) is 13.8 Å². The quantitative estimate of drug-likeness (QED) is 0.496. The molecule has 0 atom stereocenters. The molecule has 46 valence electrons. The molecule has 0 saturated carbocycles. The lowest BCUT2D eigenvalue weighted by molar-refractivity contribution is -0.125. The first kappa shape index (κ1) is 7.21. The molecule has 0 saturated heterocycles. The van der Waals surface area contributed by atoms with Gasteiger partial charge in [0.15, 0.2) is 0 Å². The summed E-state index contributed by atoms with van der Waals surface area (Å²) >= 11 is 0. The molecule has 0 N–H and O–H groups in total. The molecular weight excluding hydrogens is 102 g/mol. The maximum absolute atomic E-state index is 10.4. The molecule has 0 aliphatic rings. The highest BCUT2D eigenvalue weighted by atomic mass is 16.2. The average molecular weight is 113 g/mol. The van der Waals surface area contributed by atoms with Gasteiger partial charge in [-0.25, -0.2) is 0 Å². The predicted octanol–water partition coefficient (Wildman–Crippen LogP) is 0.998. The lowest BCUT2D eigenvalue weighted by atomic mass is 10.6. The fourth-order valence-electron chi connectivity index (χ4n) is 0.329. The zero-order valence-corrected chi connectivity index (χ0v) is 5.51. The van der Waals surface area contributed by atoms with E-state index in [9.17, 15) is 4.79 Å². The highest BCUT2D eigenvalue weighted by Crippen LogP contribution is 1.82. The Hall–Kier alpha value is -0.790. The number of allylic oxidation sites excluding steroid dienone is 1. The van der Waals surface area contributed by atoms with E-state index in [0.717, 1.165) is 0 Å². The van der Waals surface area contributed by atoms with Crippen LogP contribution in [0, 0.1) is 0 Å². The fraction of sp³-hybridized carbons (Fsp3) is 0.500. The summed E-state index contributed by atoms with van der Waals surface area (Å²) in [6.07, 6.45) is 3.55. The highest BCUT2D eigenvalue weighted by molar-refractivity contribution is 5.73. The Labute approximate surface area is 49.8 Å². The molecule has 0 heterocycles. The molecule has 0 aromatic rings. The van der Waals surface area contributed by atoms with Crippen molar-refractivity contribution < 1.29 is 4.79 Å². The second kappa shape index (κ2) is 3.24. The maximum Gasteiger partial charge on any atom is 0.223 e. The molecule has 0 unspecified atom stereocenters. The zero-order chi connectivity index (χ0) is 6.57. The molecule has 0 aromatic carbocycles. The summed E-state index contributed by atoms with van der Waals surface area (Å²) in [5.74, 6) is 0.0584. The van der Waals surface area contributed by atoms with Gasteiger partial charge in [0, 0.05) is 20.2 Å². The Balaban J connectivity index is 3.64. The maximum atomic E-state index is 10.4. The van der Waals surface area contributed by atoms with Gasteiger partial charge >= 0.3 is 0 Å². The minimum absolute atomic E-state index is 0.0584. The Bertz CT molecular complexity index is 107. The lowest BCUT2D eigenvalue weighted by Crippen LogP contribution is -2.16. The SMILES string of the molecule is C/C=C\N(C)C(C)=O. The summed E-state index contributed by atoms with van der Waals surface area (Å²) in [6, 6.07) is 0. The van der Waals surface area contributed by atoms with Gasteiger partial charge in [-0.3, -0.25) is 4.79 Å². The summed E-state index contributed by atoms with van der Waals surface area (Å²) in [4.78, 5) is 11.9. The third-order valence-corrected chi connectivity index (χ3v) is 0.869. The van der Waals surface area contributed by atoms with E-state index >= 15 is 0 Å². The van der Waals surface area contributed by atoms with Crippen LogP contribution in [0.25, 0.3) is 0 Å². The molecule has 0 aliphatic carbocycles. The first-order valence-electron chi connectivity index (χ1n) is 2.54. The number of hydrogen-bond acceptors (Lipinski definition) is 1. The topological polar surface area (TPSA) is 20.3 Å². The summed E-state index contributed by atoms with van der Waals surface area (Å²) in [7, 11) is 1.72. The number of nitrogens with zero attached hydrogens (tertiary/aromatic N) is 1. The van der Waals surface area contributed by atoms with Crippen molar-refractivity contribution >= 4 is 5.91 Å². The molecule has 1 amide bonds. The fourth-order valence-corrected chi connectivity index (χ4v) is 0.329. The van der Waals surface area contributed by atoms with Gasteiger partial charge in [-0.1, -0.05) is 6.08 Å². The minimum Gasteiger partial charge on any atom is -0.323 e. The average Bonchev–Trinajstić information content (AvgIpc) is 1.67. The second-order valence-electron chi connectivity index (χ2n) is 1.61. The van der Waals surface area contributed by atoms with Crippen LogP contribution in [0.1, 0.15) is 13.8 Å². The van der Waals surface area contributed by atoms with Gasteiger partial charge in [0.1, 0.15) is 0 Å². The predicted molar refractivity (Wildman–Crippen MR) is 33.3 cm³/mol. The van der Waals surface area contributed by atoms with Crippen molar-refractivity contribution in [1.29, 1.82) is 0 Å².